The monoisotopic (exact) mass is 612 g/mol. The highest BCUT2D eigenvalue weighted by atomic mass is 32.2. The van der Waals surface area contributed by atoms with Crippen LogP contribution in [-0.2, 0) is 26.0 Å². The number of carbonyl (C=O) groups excluding carboxylic acids is 1. The van der Waals surface area contributed by atoms with Crippen molar-refractivity contribution in [1.29, 1.82) is 0 Å². The van der Waals surface area contributed by atoms with E-state index in [9.17, 15) is 18.3 Å². The van der Waals surface area contributed by atoms with Crippen molar-refractivity contribution in [3.05, 3.63) is 114 Å². The van der Waals surface area contributed by atoms with Gasteiger partial charge in [0.2, 0.25) is 0 Å². The zero-order valence-electron chi connectivity index (χ0n) is 25.7. The van der Waals surface area contributed by atoms with Crippen LogP contribution in [0.4, 0.5) is 5.69 Å². The van der Waals surface area contributed by atoms with Crippen molar-refractivity contribution in [2.75, 3.05) is 4.72 Å². The lowest BCUT2D eigenvalue weighted by Gasteiger charge is -2.41. The van der Waals surface area contributed by atoms with Gasteiger partial charge in [-0.3, -0.25) is 9.71 Å². The lowest BCUT2D eigenvalue weighted by molar-refractivity contribution is -0.161. The Morgan fingerprint density at radius 3 is 2.32 bits per heavy atom. The average molecular weight is 613 g/mol. The number of nitrogens with zero attached hydrogens (tertiary/aromatic N) is 1. The van der Waals surface area contributed by atoms with Crippen LogP contribution < -0.4 is 4.72 Å². The van der Waals surface area contributed by atoms with Crippen LogP contribution in [0.25, 0.3) is 10.9 Å². The van der Waals surface area contributed by atoms with Crippen molar-refractivity contribution in [3.8, 4) is 0 Å². The number of nitrogens with one attached hydrogen (secondary N) is 1. The molecule has 1 aliphatic heterocycles. The van der Waals surface area contributed by atoms with Gasteiger partial charge in [0.1, 0.15) is 16.3 Å². The van der Waals surface area contributed by atoms with Gasteiger partial charge in [-0.1, -0.05) is 94.8 Å². The molecule has 0 aliphatic carbocycles. The maximum Gasteiger partial charge on any atom is 0.338 e. The fourth-order valence-electron chi connectivity index (χ4n) is 6.31. The van der Waals surface area contributed by atoms with Gasteiger partial charge in [0.15, 0.2) is 0 Å². The van der Waals surface area contributed by atoms with Gasteiger partial charge in [-0.05, 0) is 60.1 Å². The second-order valence-electron chi connectivity index (χ2n) is 12.7. The molecular weight excluding hydrogens is 572 g/mol. The number of hydrogen-bond donors (Lipinski definition) is 2. The molecule has 4 aromatic rings. The quantitative estimate of drug-likeness (QED) is 0.175. The lowest BCUT2D eigenvalue weighted by atomic mass is 9.70. The van der Waals surface area contributed by atoms with E-state index in [1.54, 1.807) is 42.6 Å². The number of anilines is 1. The maximum atomic E-state index is 13.7. The van der Waals surface area contributed by atoms with Gasteiger partial charge in [0.25, 0.3) is 10.0 Å². The van der Waals surface area contributed by atoms with Gasteiger partial charge >= 0.3 is 5.97 Å². The Kier molecular flexibility index (Phi) is 8.84. The highest BCUT2D eigenvalue weighted by Gasteiger charge is 2.46. The molecule has 2 heterocycles. The van der Waals surface area contributed by atoms with Crippen LogP contribution in [0.3, 0.4) is 0 Å². The Hall–Kier alpha value is -4.17. The summed E-state index contributed by atoms with van der Waals surface area (Å²) in [7, 11) is -3.92. The van der Waals surface area contributed by atoms with Crippen LogP contribution in [0.15, 0.2) is 107 Å². The summed E-state index contributed by atoms with van der Waals surface area (Å²) in [5.74, 6) is -0.906. The molecular formula is C36H40N2O5S. The number of pyridine rings is 1. The van der Waals surface area contributed by atoms with Crippen molar-refractivity contribution in [2.24, 2.45) is 5.41 Å². The fourth-order valence-corrected chi connectivity index (χ4v) is 7.55. The molecule has 0 spiro atoms. The number of carbonyl (C=O) groups is 1. The number of cyclic esters (lactones) is 1. The van der Waals surface area contributed by atoms with Crippen LogP contribution in [-0.4, -0.2) is 30.1 Å². The van der Waals surface area contributed by atoms with Crippen LogP contribution in [0, 0.1) is 5.41 Å². The van der Waals surface area contributed by atoms with E-state index in [1.807, 2.05) is 51.1 Å². The fraction of sp³-hybridized carbons (Fsp3) is 0.333. The average Bonchev–Trinajstić information content (AvgIpc) is 2.98. The molecule has 3 aromatic carbocycles. The summed E-state index contributed by atoms with van der Waals surface area (Å²) in [5.41, 5.74) is 1.75. The van der Waals surface area contributed by atoms with E-state index in [1.165, 1.54) is 6.07 Å². The van der Waals surface area contributed by atoms with Crippen LogP contribution in [0.1, 0.15) is 70.4 Å². The molecule has 44 heavy (non-hydrogen) atoms. The van der Waals surface area contributed by atoms with Gasteiger partial charge in [0, 0.05) is 29.6 Å². The Morgan fingerprint density at radius 2 is 1.66 bits per heavy atom. The molecule has 1 aromatic heterocycles. The molecule has 0 fully saturated rings. The smallest absolute Gasteiger partial charge is 0.338 e. The van der Waals surface area contributed by atoms with Gasteiger partial charge in [-0.2, -0.15) is 0 Å². The normalized spacial score (nSPS) is 18.2. The summed E-state index contributed by atoms with van der Waals surface area (Å²) in [6, 6.07) is 25.7. The molecule has 0 saturated heterocycles. The van der Waals surface area contributed by atoms with Gasteiger partial charge in [-0.25, -0.2) is 13.2 Å². The van der Waals surface area contributed by atoms with E-state index < -0.39 is 32.9 Å². The minimum atomic E-state index is -3.92. The minimum absolute atomic E-state index is 0.0657. The molecule has 2 unspecified atom stereocenters. The summed E-state index contributed by atoms with van der Waals surface area (Å²) in [4.78, 5) is 18.1. The molecule has 1 aliphatic rings. The summed E-state index contributed by atoms with van der Waals surface area (Å²) in [6.07, 6.45) is 4.67. The molecule has 0 bridgehead atoms. The second kappa shape index (κ2) is 12.4. The molecule has 0 amide bonds. The summed E-state index contributed by atoms with van der Waals surface area (Å²) in [5, 5.41) is 12.2. The van der Waals surface area contributed by atoms with Crippen molar-refractivity contribution >= 4 is 32.6 Å². The molecule has 230 valence electrons. The molecule has 2 N–H and O–H groups in total. The number of aliphatic hydroxyl groups excluding tert-OH is 1. The number of benzene rings is 3. The van der Waals surface area contributed by atoms with Crippen molar-refractivity contribution < 1.29 is 23.1 Å². The van der Waals surface area contributed by atoms with E-state index in [0.29, 0.717) is 24.0 Å². The summed E-state index contributed by atoms with van der Waals surface area (Å²) >= 11 is 0. The van der Waals surface area contributed by atoms with E-state index in [0.717, 1.165) is 29.4 Å². The third-order valence-electron chi connectivity index (χ3n) is 8.28. The molecule has 7 nitrogen and oxygen atoms in total. The topological polar surface area (TPSA) is 106 Å². The Bertz CT molecular complexity index is 1770. The predicted octanol–water partition coefficient (Wildman–Crippen LogP) is 8.10. The van der Waals surface area contributed by atoms with Crippen molar-refractivity contribution in [2.45, 2.75) is 76.2 Å². The first kappa shape index (κ1) is 31.3. The first-order chi connectivity index (χ1) is 20.9. The van der Waals surface area contributed by atoms with E-state index >= 15 is 0 Å². The van der Waals surface area contributed by atoms with Crippen LogP contribution in [0.5, 0.6) is 0 Å². The van der Waals surface area contributed by atoms with E-state index in [2.05, 4.69) is 28.8 Å². The number of aromatic nitrogens is 1. The molecule has 0 radical (unpaired) electrons. The number of para-hydroxylation sites is 1. The number of aliphatic hydroxyl groups is 1. The Labute approximate surface area is 260 Å². The zero-order chi connectivity index (χ0) is 31.5. The van der Waals surface area contributed by atoms with E-state index in [4.69, 9.17) is 4.74 Å². The maximum absolute atomic E-state index is 13.7. The molecule has 2 atom stereocenters. The summed E-state index contributed by atoms with van der Waals surface area (Å²) < 4.78 is 35.6. The number of fused-ring (bicyclic) bond motifs is 1. The first-order valence-electron chi connectivity index (χ1n) is 15.1. The molecule has 5 rings (SSSR count). The van der Waals surface area contributed by atoms with E-state index in [-0.39, 0.29) is 22.6 Å². The number of ether oxygens (including phenoxy) is 1. The molecule has 0 saturated carbocycles. The second-order valence-corrected chi connectivity index (χ2v) is 14.4. The van der Waals surface area contributed by atoms with Gasteiger partial charge in [-0.15, -0.1) is 0 Å². The van der Waals surface area contributed by atoms with Crippen LogP contribution >= 0.6 is 0 Å². The zero-order valence-corrected chi connectivity index (χ0v) is 26.5. The lowest BCUT2D eigenvalue weighted by Crippen LogP contribution is -2.43. The standard InChI is InChI=1S/C36H40N2O5S/c1-5-21-36(22-20-25-11-7-6-8-12-25)24-29(39)31(34(40)43-36)32(35(2,3)4)26-16-18-28(19-17-26)38-44(41,42)30-15-9-13-27-14-10-23-37-33(27)30/h6-19,23,32,38-39H,5,20-22,24H2,1-4H3. The number of sulfonamides is 1. The number of aryl methyl sites for hydroxylation is 1. The van der Waals surface area contributed by atoms with Gasteiger partial charge < -0.3 is 9.84 Å². The van der Waals surface area contributed by atoms with Crippen LogP contribution in [0.2, 0.25) is 0 Å². The largest absolute Gasteiger partial charge is 0.512 e. The predicted molar refractivity (Wildman–Crippen MR) is 174 cm³/mol. The third-order valence-corrected chi connectivity index (χ3v) is 9.70. The van der Waals surface area contributed by atoms with Crippen molar-refractivity contribution in [3.63, 3.8) is 0 Å². The first-order valence-corrected chi connectivity index (χ1v) is 16.6. The number of hydrogen-bond acceptors (Lipinski definition) is 6. The number of esters is 1. The third kappa shape index (κ3) is 6.65. The van der Waals surface area contributed by atoms with Crippen molar-refractivity contribution in [1.82, 2.24) is 4.98 Å². The SMILES string of the molecule is CCCC1(CCc2ccccc2)CC(O)=C(C(c2ccc(NS(=O)(=O)c3cccc4cccnc34)cc2)C(C)(C)C)C(=O)O1. The highest BCUT2D eigenvalue weighted by Crippen LogP contribution is 2.47. The minimum Gasteiger partial charge on any atom is -0.512 e. The van der Waals surface area contributed by atoms with Gasteiger partial charge in [0.05, 0.1) is 11.1 Å². The number of rotatable bonds is 10. The summed E-state index contributed by atoms with van der Waals surface area (Å²) in [6.45, 7) is 8.09. The highest BCUT2D eigenvalue weighted by molar-refractivity contribution is 7.93. The Morgan fingerprint density at radius 1 is 0.955 bits per heavy atom. The molecule has 8 heteroatoms. The Balaban J connectivity index is 1.42.